The van der Waals surface area contributed by atoms with E-state index in [9.17, 15) is 9.50 Å². The molecule has 82 valence electrons. The molecule has 2 rings (SSSR count). The Morgan fingerprint density at radius 1 is 1.47 bits per heavy atom. The molecule has 1 aliphatic rings. The fourth-order valence-corrected chi connectivity index (χ4v) is 1.91. The van der Waals surface area contributed by atoms with Gasteiger partial charge in [-0.15, -0.1) is 0 Å². The van der Waals surface area contributed by atoms with Crippen LogP contribution in [0.4, 0.5) is 4.39 Å². The van der Waals surface area contributed by atoms with Gasteiger partial charge in [0, 0.05) is 18.6 Å². The number of hydrogen-bond acceptors (Lipinski definition) is 2. The molecule has 1 saturated heterocycles. The second kappa shape index (κ2) is 4.29. The fraction of sp³-hybridized carbons (Fsp3) is 0.500. The highest BCUT2D eigenvalue weighted by Crippen LogP contribution is 2.30. The molecule has 2 nitrogen and oxygen atoms in total. The minimum Gasteiger partial charge on any atom is -0.393 e. The van der Waals surface area contributed by atoms with Gasteiger partial charge in [0.2, 0.25) is 0 Å². The van der Waals surface area contributed by atoms with Crippen LogP contribution in [0.15, 0.2) is 18.2 Å². The first-order valence-corrected chi connectivity index (χ1v) is 5.22. The molecule has 1 aromatic carbocycles. The zero-order valence-electron chi connectivity index (χ0n) is 8.74. The van der Waals surface area contributed by atoms with Gasteiger partial charge >= 0.3 is 0 Å². The van der Waals surface area contributed by atoms with Crippen molar-refractivity contribution in [1.29, 1.82) is 0 Å². The normalized spacial score (nSPS) is 26.6. The van der Waals surface area contributed by atoms with Crippen LogP contribution in [0.1, 0.15) is 30.1 Å². The number of hydrogen-bond donors (Lipinski definition) is 1. The predicted molar refractivity (Wildman–Crippen MR) is 55.1 cm³/mol. The molecule has 0 amide bonds. The van der Waals surface area contributed by atoms with E-state index in [1.165, 1.54) is 6.07 Å². The monoisotopic (exact) mass is 210 g/mol. The molecule has 0 aliphatic carbocycles. The van der Waals surface area contributed by atoms with Crippen LogP contribution in [0.2, 0.25) is 0 Å². The molecular formula is C12H15FO2. The molecule has 0 spiro atoms. The van der Waals surface area contributed by atoms with Gasteiger partial charge in [-0.25, -0.2) is 4.39 Å². The second-order valence-corrected chi connectivity index (χ2v) is 4.06. The van der Waals surface area contributed by atoms with Gasteiger partial charge in [-0.1, -0.05) is 17.7 Å². The van der Waals surface area contributed by atoms with Crippen LogP contribution >= 0.6 is 0 Å². The Bertz CT molecular complexity index is 351. The van der Waals surface area contributed by atoms with Crippen LogP contribution in [0, 0.1) is 12.7 Å². The number of aliphatic hydroxyl groups is 1. The molecule has 15 heavy (non-hydrogen) atoms. The van der Waals surface area contributed by atoms with E-state index in [1.54, 1.807) is 12.1 Å². The average Bonchev–Trinajstić information content (AvgIpc) is 2.22. The van der Waals surface area contributed by atoms with Gasteiger partial charge in [-0.2, -0.15) is 0 Å². The molecule has 0 aromatic heterocycles. The first kappa shape index (κ1) is 10.6. The van der Waals surface area contributed by atoms with Crippen molar-refractivity contribution >= 4 is 0 Å². The van der Waals surface area contributed by atoms with E-state index in [-0.39, 0.29) is 18.0 Å². The van der Waals surface area contributed by atoms with Crippen molar-refractivity contribution < 1.29 is 14.2 Å². The molecule has 1 N–H and O–H groups in total. The van der Waals surface area contributed by atoms with Gasteiger partial charge in [-0.05, 0) is 19.4 Å². The summed E-state index contributed by atoms with van der Waals surface area (Å²) in [4.78, 5) is 0. The van der Waals surface area contributed by atoms with Crippen LogP contribution in [0.25, 0.3) is 0 Å². The standard InChI is InChI=1S/C12H15FO2/c1-8-2-3-11(13)10(6-8)12-7-9(14)4-5-15-12/h2-3,6,9,12,14H,4-5,7H2,1H3. The van der Waals surface area contributed by atoms with E-state index in [2.05, 4.69) is 0 Å². The molecule has 3 heteroatoms. The summed E-state index contributed by atoms with van der Waals surface area (Å²) in [6.45, 7) is 2.42. The Balaban J connectivity index is 2.24. The van der Waals surface area contributed by atoms with Gasteiger partial charge < -0.3 is 9.84 Å². The molecule has 0 radical (unpaired) electrons. The fourth-order valence-electron chi connectivity index (χ4n) is 1.91. The summed E-state index contributed by atoms with van der Waals surface area (Å²) in [5, 5.41) is 9.50. The van der Waals surface area contributed by atoms with Crippen LogP contribution in [0.5, 0.6) is 0 Å². The lowest BCUT2D eigenvalue weighted by Crippen LogP contribution is -2.24. The minimum atomic E-state index is -0.372. The third-order valence-corrected chi connectivity index (χ3v) is 2.75. The SMILES string of the molecule is Cc1ccc(F)c(C2CC(O)CCO2)c1. The summed E-state index contributed by atoms with van der Waals surface area (Å²) < 4.78 is 19.0. The van der Waals surface area contributed by atoms with E-state index >= 15 is 0 Å². The zero-order chi connectivity index (χ0) is 10.8. The maximum Gasteiger partial charge on any atom is 0.129 e. The first-order valence-electron chi connectivity index (χ1n) is 5.22. The number of benzene rings is 1. The molecule has 1 fully saturated rings. The molecule has 2 atom stereocenters. The van der Waals surface area contributed by atoms with Crippen molar-refractivity contribution in [2.24, 2.45) is 0 Å². The molecular weight excluding hydrogens is 195 g/mol. The van der Waals surface area contributed by atoms with Crippen LogP contribution in [-0.4, -0.2) is 17.8 Å². The van der Waals surface area contributed by atoms with Crippen LogP contribution < -0.4 is 0 Å². The van der Waals surface area contributed by atoms with Crippen molar-refractivity contribution in [2.45, 2.75) is 32.0 Å². The number of halogens is 1. The predicted octanol–water partition coefficient (Wildman–Crippen LogP) is 2.35. The lowest BCUT2D eigenvalue weighted by molar-refractivity contribution is -0.0461. The van der Waals surface area contributed by atoms with Crippen molar-refractivity contribution in [3.05, 3.63) is 35.1 Å². The molecule has 1 aliphatic heterocycles. The highest BCUT2D eigenvalue weighted by molar-refractivity contribution is 5.26. The summed E-state index contributed by atoms with van der Waals surface area (Å²) in [5.41, 5.74) is 1.57. The Morgan fingerprint density at radius 3 is 3.00 bits per heavy atom. The summed E-state index contributed by atoms with van der Waals surface area (Å²) in [6, 6.07) is 4.98. The Morgan fingerprint density at radius 2 is 2.27 bits per heavy atom. The van der Waals surface area contributed by atoms with Crippen molar-refractivity contribution in [1.82, 2.24) is 0 Å². The summed E-state index contributed by atoms with van der Waals surface area (Å²) in [7, 11) is 0. The number of aryl methyl sites for hydroxylation is 1. The number of aliphatic hydroxyl groups excluding tert-OH is 1. The number of rotatable bonds is 1. The van der Waals surface area contributed by atoms with Crippen molar-refractivity contribution in [3.63, 3.8) is 0 Å². The van der Waals surface area contributed by atoms with E-state index in [1.807, 2.05) is 6.92 Å². The van der Waals surface area contributed by atoms with Crippen LogP contribution in [0.3, 0.4) is 0 Å². The van der Waals surface area contributed by atoms with Crippen LogP contribution in [-0.2, 0) is 4.74 Å². The average molecular weight is 210 g/mol. The molecule has 1 aromatic rings. The third kappa shape index (κ3) is 2.36. The maximum atomic E-state index is 13.5. The Labute approximate surface area is 88.7 Å². The zero-order valence-corrected chi connectivity index (χ0v) is 8.74. The highest BCUT2D eigenvalue weighted by atomic mass is 19.1. The first-order chi connectivity index (χ1) is 7.16. The molecule has 0 saturated carbocycles. The Kier molecular flexibility index (Phi) is 3.03. The van der Waals surface area contributed by atoms with Gasteiger partial charge in [0.25, 0.3) is 0 Å². The summed E-state index contributed by atoms with van der Waals surface area (Å²) in [5.74, 6) is -0.250. The molecule has 1 heterocycles. The van der Waals surface area contributed by atoms with Gasteiger partial charge in [0.15, 0.2) is 0 Å². The van der Waals surface area contributed by atoms with Crippen molar-refractivity contribution in [2.75, 3.05) is 6.61 Å². The van der Waals surface area contributed by atoms with Gasteiger partial charge in [0.1, 0.15) is 5.82 Å². The lowest BCUT2D eigenvalue weighted by Gasteiger charge is -2.27. The topological polar surface area (TPSA) is 29.5 Å². The maximum absolute atomic E-state index is 13.5. The third-order valence-electron chi connectivity index (χ3n) is 2.75. The smallest absolute Gasteiger partial charge is 0.129 e. The van der Waals surface area contributed by atoms with E-state index < -0.39 is 0 Å². The minimum absolute atomic E-state index is 0.250. The van der Waals surface area contributed by atoms with Crippen molar-refractivity contribution in [3.8, 4) is 0 Å². The molecule has 2 unspecified atom stereocenters. The van der Waals surface area contributed by atoms with E-state index in [0.29, 0.717) is 25.0 Å². The van der Waals surface area contributed by atoms with Gasteiger partial charge in [0.05, 0.1) is 12.2 Å². The second-order valence-electron chi connectivity index (χ2n) is 4.06. The summed E-state index contributed by atoms with van der Waals surface area (Å²) >= 11 is 0. The number of ether oxygens (including phenoxy) is 1. The summed E-state index contributed by atoms with van der Waals surface area (Å²) in [6.07, 6.45) is 0.460. The lowest BCUT2D eigenvalue weighted by atomic mass is 9.98. The Hall–Kier alpha value is -0.930. The molecule has 0 bridgehead atoms. The van der Waals surface area contributed by atoms with E-state index in [0.717, 1.165) is 5.56 Å². The van der Waals surface area contributed by atoms with E-state index in [4.69, 9.17) is 4.74 Å². The largest absolute Gasteiger partial charge is 0.393 e. The quantitative estimate of drug-likeness (QED) is 0.771. The highest BCUT2D eigenvalue weighted by Gasteiger charge is 2.24. The van der Waals surface area contributed by atoms with Gasteiger partial charge in [-0.3, -0.25) is 0 Å².